The van der Waals surface area contributed by atoms with E-state index >= 15 is 0 Å². The summed E-state index contributed by atoms with van der Waals surface area (Å²) in [7, 11) is 3.73. The summed E-state index contributed by atoms with van der Waals surface area (Å²) in [5.74, 6) is -0.756. The van der Waals surface area contributed by atoms with Crippen LogP contribution in [0.15, 0.2) is 67.3 Å². The molecular weight excluding hydrogens is 538 g/mol. The monoisotopic (exact) mass is 561 g/mol. The predicted octanol–water partition coefficient (Wildman–Crippen LogP) is -7.23. The lowest BCUT2D eigenvalue weighted by Gasteiger charge is -2.06. The molecule has 31 heavy (non-hydrogen) atoms. The number of aromatic nitrogens is 3. The van der Waals surface area contributed by atoms with E-state index in [0.29, 0.717) is 11.4 Å². The van der Waals surface area contributed by atoms with Crippen molar-refractivity contribution < 1.29 is 69.1 Å². The van der Waals surface area contributed by atoms with Crippen LogP contribution in [0.3, 0.4) is 0 Å². The lowest BCUT2D eigenvalue weighted by molar-refractivity contribution is -0.670. The Hall–Kier alpha value is -2.77. The highest BCUT2D eigenvalue weighted by Gasteiger charge is 2.14. The smallest absolute Gasteiger partial charge is 0.274 e. The Balaban J connectivity index is -0.00000157. The van der Waals surface area contributed by atoms with E-state index in [1.807, 2.05) is 47.8 Å². The number of halogens is 2. The summed E-state index contributed by atoms with van der Waals surface area (Å²) in [6, 6.07) is 12.0. The van der Waals surface area contributed by atoms with E-state index < -0.39 is 0 Å². The minimum atomic E-state index is -0.378. The highest BCUT2D eigenvalue weighted by molar-refractivity contribution is 6.06. The molecule has 0 bridgehead atoms. The SMILES string of the molecule is C[n+]1cccc(NC(=O)c2cccc(C(=O)Nc3ccc[n+](C)c3)n2)c1.O.O.O.[Br-].[Br-]. The number of aryl methyl sites for hydroxylation is 2. The zero-order valence-corrected chi connectivity index (χ0v) is 19.9. The molecule has 3 aromatic heterocycles. The van der Waals surface area contributed by atoms with Crippen LogP contribution < -0.4 is 53.7 Å². The van der Waals surface area contributed by atoms with Crippen LogP contribution in [-0.4, -0.2) is 33.2 Å². The number of carbonyl (C=O) groups is 2. The van der Waals surface area contributed by atoms with Gasteiger partial charge in [-0.2, -0.15) is 0 Å². The Morgan fingerprint density at radius 1 is 0.710 bits per heavy atom. The van der Waals surface area contributed by atoms with Gasteiger partial charge in [-0.25, -0.2) is 14.1 Å². The van der Waals surface area contributed by atoms with Gasteiger partial charge in [0.15, 0.2) is 24.8 Å². The van der Waals surface area contributed by atoms with Gasteiger partial charge in [0.1, 0.15) is 36.9 Å². The van der Waals surface area contributed by atoms with Gasteiger partial charge in [-0.05, 0) is 24.3 Å². The fourth-order valence-electron chi connectivity index (χ4n) is 2.40. The average molecular weight is 563 g/mol. The van der Waals surface area contributed by atoms with E-state index in [1.165, 1.54) is 0 Å². The molecule has 3 aromatic rings. The molecule has 0 atom stereocenters. The summed E-state index contributed by atoms with van der Waals surface area (Å²) >= 11 is 0. The Morgan fingerprint density at radius 2 is 1.10 bits per heavy atom. The highest BCUT2D eigenvalue weighted by atomic mass is 79.9. The highest BCUT2D eigenvalue weighted by Crippen LogP contribution is 2.08. The van der Waals surface area contributed by atoms with Gasteiger partial charge in [0.2, 0.25) is 0 Å². The van der Waals surface area contributed by atoms with E-state index in [9.17, 15) is 9.59 Å². The van der Waals surface area contributed by atoms with Gasteiger partial charge in [0, 0.05) is 12.1 Å². The second-order valence-electron chi connectivity index (χ2n) is 5.83. The van der Waals surface area contributed by atoms with E-state index in [0.717, 1.165) is 0 Å². The number of nitrogens with one attached hydrogen (secondary N) is 2. The molecule has 3 rings (SSSR count). The number of rotatable bonds is 4. The number of carbonyl (C=O) groups excluding carboxylic acids is 2. The number of hydrogen-bond donors (Lipinski definition) is 2. The van der Waals surface area contributed by atoms with Crippen molar-refractivity contribution in [3.05, 3.63) is 78.6 Å². The molecule has 170 valence electrons. The first-order chi connectivity index (χ1) is 12.5. The molecule has 0 aliphatic rings. The minimum absolute atomic E-state index is 0. The lowest BCUT2D eigenvalue weighted by atomic mass is 10.2. The molecule has 0 aromatic carbocycles. The van der Waals surface area contributed by atoms with E-state index in [4.69, 9.17) is 0 Å². The summed E-state index contributed by atoms with van der Waals surface area (Å²) in [5, 5.41) is 5.53. The van der Waals surface area contributed by atoms with Gasteiger partial charge in [-0.15, -0.1) is 0 Å². The van der Waals surface area contributed by atoms with Crippen molar-refractivity contribution in [2.45, 2.75) is 0 Å². The van der Waals surface area contributed by atoms with Crippen LogP contribution in [0.1, 0.15) is 21.0 Å². The average Bonchev–Trinajstić information content (AvgIpc) is 2.62. The Bertz CT molecular complexity index is 916. The molecule has 2 amide bonds. The van der Waals surface area contributed by atoms with Crippen LogP contribution in [0.2, 0.25) is 0 Å². The summed E-state index contributed by atoms with van der Waals surface area (Å²) in [6.07, 6.45) is 7.29. The molecule has 10 nitrogen and oxygen atoms in total. The third-order valence-corrected chi connectivity index (χ3v) is 3.61. The normalized spacial score (nSPS) is 8.58. The van der Waals surface area contributed by atoms with Crippen molar-refractivity contribution in [2.24, 2.45) is 14.1 Å². The standard InChI is InChI=1S/C19H17N5O2.2BrH.3H2O/c1-23-10-4-6-14(12-23)20-18(25)16-8-3-9-17(22-16)19(26)21-15-7-5-11-24(2)13-15;;;;;/h3-13H,1-2H3;2*1H;3*1H2. The summed E-state index contributed by atoms with van der Waals surface area (Å²) in [4.78, 5) is 28.9. The third kappa shape index (κ3) is 9.27. The van der Waals surface area contributed by atoms with Crippen molar-refractivity contribution >= 4 is 23.2 Å². The summed E-state index contributed by atoms with van der Waals surface area (Å²) in [5.41, 5.74) is 1.63. The zero-order valence-electron chi connectivity index (χ0n) is 16.8. The van der Waals surface area contributed by atoms with Crippen molar-refractivity contribution in [1.82, 2.24) is 4.98 Å². The molecule has 0 fully saturated rings. The predicted molar refractivity (Wildman–Crippen MR) is 106 cm³/mol. The van der Waals surface area contributed by atoms with Gasteiger partial charge < -0.3 is 61.0 Å². The molecule has 0 aliphatic heterocycles. The first kappa shape index (κ1) is 32.9. The van der Waals surface area contributed by atoms with Crippen LogP contribution in [0.4, 0.5) is 11.4 Å². The first-order valence-electron chi connectivity index (χ1n) is 8.01. The number of pyridine rings is 3. The Morgan fingerprint density at radius 3 is 1.45 bits per heavy atom. The van der Waals surface area contributed by atoms with Gasteiger partial charge in [0.25, 0.3) is 11.8 Å². The number of nitrogens with zero attached hydrogens (tertiary/aromatic N) is 3. The van der Waals surface area contributed by atoms with E-state index in [1.54, 1.807) is 42.7 Å². The summed E-state index contributed by atoms with van der Waals surface area (Å²) < 4.78 is 3.65. The molecule has 0 aliphatic carbocycles. The molecule has 8 N–H and O–H groups in total. The van der Waals surface area contributed by atoms with Crippen molar-refractivity contribution in [1.29, 1.82) is 0 Å². The topological polar surface area (TPSA) is 173 Å². The fraction of sp³-hybridized carbons (Fsp3) is 0.105. The molecule has 0 radical (unpaired) electrons. The van der Waals surface area contributed by atoms with Crippen LogP contribution >= 0.6 is 0 Å². The van der Waals surface area contributed by atoms with E-state index in [2.05, 4.69) is 15.6 Å². The second-order valence-corrected chi connectivity index (χ2v) is 5.83. The van der Waals surface area contributed by atoms with Gasteiger partial charge in [-0.3, -0.25) is 9.59 Å². The molecule has 0 saturated heterocycles. The van der Waals surface area contributed by atoms with Crippen molar-refractivity contribution in [3.8, 4) is 0 Å². The number of anilines is 2. The van der Waals surface area contributed by atoms with E-state index in [-0.39, 0.29) is 73.6 Å². The molecule has 0 saturated carbocycles. The Kier molecular flexibility index (Phi) is 16.0. The van der Waals surface area contributed by atoms with Crippen LogP contribution in [0.5, 0.6) is 0 Å². The number of hydrogen-bond acceptors (Lipinski definition) is 3. The molecule has 0 spiro atoms. The van der Waals surface area contributed by atoms with Gasteiger partial charge in [-0.1, -0.05) is 6.07 Å². The summed E-state index contributed by atoms with van der Waals surface area (Å²) in [6.45, 7) is 0. The minimum Gasteiger partial charge on any atom is -1.00 e. The van der Waals surface area contributed by atoms with Crippen LogP contribution in [0.25, 0.3) is 0 Å². The third-order valence-electron chi connectivity index (χ3n) is 3.61. The fourth-order valence-corrected chi connectivity index (χ4v) is 2.40. The largest absolute Gasteiger partial charge is 1.00 e. The Labute approximate surface area is 200 Å². The first-order valence-corrected chi connectivity index (χ1v) is 8.01. The molecule has 12 heteroatoms. The van der Waals surface area contributed by atoms with Crippen molar-refractivity contribution in [2.75, 3.05) is 10.6 Å². The molecular formula is C19H25Br2N5O5. The lowest BCUT2D eigenvalue weighted by Crippen LogP contribution is -3.00. The maximum absolute atomic E-state index is 12.4. The zero-order chi connectivity index (χ0) is 18.5. The quantitative estimate of drug-likeness (QED) is 0.301. The van der Waals surface area contributed by atoms with Crippen LogP contribution in [-0.2, 0) is 14.1 Å². The van der Waals surface area contributed by atoms with Crippen LogP contribution in [0, 0.1) is 0 Å². The van der Waals surface area contributed by atoms with Crippen molar-refractivity contribution in [3.63, 3.8) is 0 Å². The second kappa shape index (κ2) is 15.1. The number of amides is 2. The maximum Gasteiger partial charge on any atom is 0.274 e. The molecule has 0 unspecified atom stereocenters. The van der Waals surface area contributed by atoms with Gasteiger partial charge in [0.05, 0.1) is 0 Å². The molecule has 3 heterocycles. The maximum atomic E-state index is 12.4. The van der Waals surface area contributed by atoms with Gasteiger partial charge >= 0.3 is 0 Å².